The lowest BCUT2D eigenvalue weighted by molar-refractivity contribution is -0.116. The summed E-state index contributed by atoms with van der Waals surface area (Å²) in [5.41, 5.74) is 2.81. The summed E-state index contributed by atoms with van der Waals surface area (Å²) >= 11 is 0. The number of carbonyl (C=O) groups excluding carboxylic acids is 1. The van der Waals surface area contributed by atoms with Gasteiger partial charge in [-0.15, -0.1) is 6.58 Å². The summed E-state index contributed by atoms with van der Waals surface area (Å²) in [4.78, 5) is 12.8. The first-order valence-electron chi connectivity index (χ1n) is 9.53. The van der Waals surface area contributed by atoms with Gasteiger partial charge in [-0.05, 0) is 48.2 Å². The van der Waals surface area contributed by atoms with Gasteiger partial charge >= 0.3 is 0 Å². The molecule has 2 aromatic rings. The number of anilines is 1. The maximum absolute atomic E-state index is 13.0. The molecular formula is C22H28N2O4S. The van der Waals surface area contributed by atoms with E-state index in [0.717, 1.165) is 34.0 Å². The molecule has 0 atom stereocenters. The van der Waals surface area contributed by atoms with E-state index in [1.54, 1.807) is 12.1 Å². The first-order chi connectivity index (χ1) is 13.9. The molecule has 0 aliphatic rings. The summed E-state index contributed by atoms with van der Waals surface area (Å²) < 4.78 is 32.2. The summed E-state index contributed by atoms with van der Waals surface area (Å²) in [6.45, 7) is 7.38. The van der Waals surface area contributed by atoms with Gasteiger partial charge in [-0.3, -0.25) is 4.79 Å². The minimum Gasteiger partial charge on any atom is -0.497 e. The number of hydrogen-bond acceptors (Lipinski definition) is 4. The fourth-order valence-corrected chi connectivity index (χ4v) is 4.40. The topological polar surface area (TPSA) is 75.7 Å². The molecular weight excluding hydrogens is 388 g/mol. The number of nitrogens with one attached hydrogen (secondary N) is 1. The number of hydrogen-bond donors (Lipinski definition) is 1. The molecule has 6 nitrogen and oxygen atoms in total. The highest BCUT2D eigenvalue weighted by Crippen LogP contribution is 2.23. The predicted octanol–water partition coefficient (Wildman–Crippen LogP) is 3.64. The maximum Gasteiger partial charge on any atom is 0.243 e. The van der Waals surface area contributed by atoms with E-state index in [1.165, 1.54) is 25.3 Å². The van der Waals surface area contributed by atoms with Crippen LogP contribution < -0.4 is 10.1 Å². The molecule has 0 fully saturated rings. The highest BCUT2D eigenvalue weighted by atomic mass is 32.2. The average Bonchev–Trinajstić information content (AvgIpc) is 2.73. The summed E-state index contributed by atoms with van der Waals surface area (Å²) in [7, 11) is -2.35. The molecule has 0 spiro atoms. The second kappa shape index (κ2) is 10.2. The molecule has 0 aliphatic carbocycles. The van der Waals surface area contributed by atoms with E-state index >= 15 is 0 Å². The lowest BCUT2D eigenvalue weighted by Gasteiger charge is -2.21. The Morgan fingerprint density at radius 3 is 2.17 bits per heavy atom. The van der Waals surface area contributed by atoms with Crippen LogP contribution in [0.5, 0.6) is 5.75 Å². The molecule has 0 unspecified atom stereocenters. The van der Waals surface area contributed by atoms with Crippen molar-refractivity contribution >= 4 is 21.6 Å². The Morgan fingerprint density at radius 1 is 1.10 bits per heavy atom. The second-order valence-electron chi connectivity index (χ2n) is 6.47. The van der Waals surface area contributed by atoms with Gasteiger partial charge in [0, 0.05) is 12.2 Å². The molecule has 1 amide bonds. The van der Waals surface area contributed by atoms with Gasteiger partial charge in [0.05, 0.1) is 18.6 Å². The Bertz CT molecular complexity index is 931. The van der Waals surface area contributed by atoms with E-state index < -0.39 is 10.0 Å². The number of ether oxygens (including phenoxy) is 1. The van der Waals surface area contributed by atoms with E-state index in [4.69, 9.17) is 4.74 Å². The van der Waals surface area contributed by atoms with Crippen molar-refractivity contribution in [2.24, 2.45) is 0 Å². The molecule has 0 bridgehead atoms. The number of carbonyl (C=O) groups is 1. The quantitative estimate of drug-likeness (QED) is 0.600. The summed E-state index contributed by atoms with van der Waals surface area (Å²) in [6.07, 6.45) is 3.00. The molecule has 0 aromatic heterocycles. The summed E-state index contributed by atoms with van der Waals surface area (Å²) in [5, 5.41) is 2.91. The van der Waals surface area contributed by atoms with Crippen molar-refractivity contribution in [2.45, 2.75) is 31.6 Å². The van der Waals surface area contributed by atoms with Gasteiger partial charge in [0.25, 0.3) is 0 Å². The highest BCUT2D eigenvalue weighted by molar-refractivity contribution is 7.89. The van der Waals surface area contributed by atoms with Crippen molar-refractivity contribution in [1.29, 1.82) is 0 Å². The number of sulfonamides is 1. The van der Waals surface area contributed by atoms with E-state index in [2.05, 4.69) is 11.9 Å². The highest BCUT2D eigenvalue weighted by Gasteiger charge is 2.26. The van der Waals surface area contributed by atoms with Crippen LogP contribution in [-0.2, 0) is 27.7 Å². The van der Waals surface area contributed by atoms with E-state index in [-0.39, 0.29) is 23.9 Å². The van der Waals surface area contributed by atoms with Crippen molar-refractivity contribution in [1.82, 2.24) is 4.31 Å². The molecule has 2 aromatic carbocycles. The van der Waals surface area contributed by atoms with Crippen LogP contribution in [-0.4, -0.2) is 38.8 Å². The minimum absolute atomic E-state index is 0.0256. The number of rotatable bonds is 10. The van der Waals surface area contributed by atoms with Gasteiger partial charge in [-0.1, -0.05) is 38.1 Å². The largest absolute Gasteiger partial charge is 0.497 e. The second-order valence-corrected chi connectivity index (χ2v) is 8.41. The molecule has 7 heteroatoms. The van der Waals surface area contributed by atoms with Crippen LogP contribution >= 0.6 is 0 Å². The van der Waals surface area contributed by atoms with E-state index in [9.17, 15) is 13.2 Å². The fraction of sp³-hybridized carbons (Fsp3) is 0.318. The number of methoxy groups -OCH3 is 1. The zero-order valence-corrected chi connectivity index (χ0v) is 18.0. The Kier molecular flexibility index (Phi) is 7.99. The molecule has 0 saturated carbocycles. The lowest BCUT2D eigenvalue weighted by Crippen LogP contribution is -2.38. The van der Waals surface area contributed by atoms with Gasteiger partial charge in [-0.25, -0.2) is 8.42 Å². The standard InChI is InChI=1S/C22H28N2O4S/c1-5-15-24(29(26,27)20-13-11-19(28-4)12-14-20)16-21(25)23-22-17(6-2)9-8-10-18(22)7-3/h5,8-14H,1,6-7,15-16H2,2-4H3,(H,23,25). The number of benzene rings is 2. The number of para-hydroxylation sites is 1. The van der Waals surface area contributed by atoms with Gasteiger partial charge in [0.15, 0.2) is 0 Å². The lowest BCUT2D eigenvalue weighted by atomic mass is 10.0. The van der Waals surface area contributed by atoms with Gasteiger partial charge < -0.3 is 10.1 Å². The monoisotopic (exact) mass is 416 g/mol. The van der Waals surface area contributed by atoms with Crippen LogP contribution in [0.4, 0.5) is 5.69 Å². The Hall–Kier alpha value is -2.64. The van der Waals surface area contributed by atoms with Crippen molar-refractivity contribution in [3.05, 3.63) is 66.2 Å². The van der Waals surface area contributed by atoms with Crippen LogP contribution in [0.1, 0.15) is 25.0 Å². The third-order valence-corrected chi connectivity index (χ3v) is 6.44. The van der Waals surface area contributed by atoms with E-state index in [0.29, 0.717) is 5.75 Å². The molecule has 29 heavy (non-hydrogen) atoms. The molecule has 0 heterocycles. The Labute approximate surface area is 173 Å². The van der Waals surface area contributed by atoms with Crippen LogP contribution in [0.15, 0.2) is 60.0 Å². The van der Waals surface area contributed by atoms with E-state index in [1.807, 2.05) is 32.0 Å². The zero-order chi connectivity index (χ0) is 21.4. The van der Waals surface area contributed by atoms with Crippen LogP contribution in [0.25, 0.3) is 0 Å². The Morgan fingerprint density at radius 2 is 1.69 bits per heavy atom. The molecule has 0 radical (unpaired) electrons. The Balaban J connectivity index is 2.26. The summed E-state index contributed by atoms with van der Waals surface area (Å²) in [5.74, 6) is 0.166. The number of aryl methyl sites for hydroxylation is 2. The van der Waals surface area contributed by atoms with Crippen molar-refractivity contribution in [3.63, 3.8) is 0 Å². The predicted molar refractivity (Wildman–Crippen MR) is 116 cm³/mol. The fourth-order valence-electron chi connectivity index (χ4n) is 3.03. The molecule has 1 N–H and O–H groups in total. The van der Waals surface area contributed by atoms with Crippen LogP contribution in [0, 0.1) is 0 Å². The molecule has 156 valence electrons. The first-order valence-corrected chi connectivity index (χ1v) is 11.0. The molecule has 0 saturated heterocycles. The average molecular weight is 417 g/mol. The third kappa shape index (κ3) is 5.46. The molecule has 2 rings (SSSR count). The normalized spacial score (nSPS) is 11.3. The van der Waals surface area contributed by atoms with Crippen LogP contribution in [0.2, 0.25) is 0 Å². The SMILES string of the molecule is C=CCN(CC(=O)Nc1c(CC)cccc1CC)S(=O)(=O)c1ccc(OC)cc1. The van der Waals surface area contributed by atoms with Crippen molar-refractivity contribution in [2.75, 3.05) is 25.5 Å². The van der Waals surface area contributed by atoms with Crippen LogP contribution in [0.3, 0.4) is 0 Å². The number of amides is 1. The van der Waals surface area contributed by atoms with Crippen molar-refractivity contribution in [3.8, 4) is 5.75 Å². The zero-order valence-electron chi connectivity index (χ0n) is 17.1. The van der Waals surface area contributed by atoms with Crippen molar-refractivity contribution < 1.29 is 17.9 Å². The maximum atomic E-state index is 13.0. The third-order valence-electron chi connectivity index (χ3n) is 4.61. The minimum atomic E-state index is -3.86. The first kappa shape index (κ1) is 22.6. The summed E-state index contributed by atoms with van der Waals surface area (Å²) in [6, 6.07) is 12.0. The smallest absolute Gasteiger partial charge is 0.243 e. The van der Waals surface area contributed by atoms with Gasteiger partial charge in [-0.2, -0.15) is 4.31 Å². The molecule has 0 aliphatic heterocycles. The van der Waals surface area contributed by atoms with Gasteiger partial charge in [0.1, 0.15) is 5.75 Å². The number of nitrogens with zero attached hydrogens (tertiary/aromatic N) is 1. The van der Waals surface area contributed by atoms with Gasteiger partial charge in [0.2, 0.25) is 15.9 Å².